The minimum atomic E-state index is 0.497. The van der Waals surface area contributed by atoms with Crippen LogP contribution >= 0.6 is 0 Å². The van der Waals surface area contributed by atoms with Crippen molar-refractivity contribution in [1.82, 2.24) is 9.97 Å². The Kier molecular flexibility index (Phi) is 1.74. The van der Waals surface area contributed by atoms with E-state index < -0.39 is 0 Å². The van der Waals surface area contributed by atoms with Crippen molar-refractivity contribution in [3.63, 3.8) is 0 Å². The lowest BCUT2D eigenvalue weighted by molar-refractivity contribution is 0.509. The Morgan fingerprint density at radius 2 is 2.20 bits per heavy atom. The summed E-state index contributed by atoms with van der Waals surface area (Å²) in [5, 5.41) is 0. The van der Waals surface area contributed by atoms with Crippen molar-refractivity contribution in [3.8, 4) is 11.3 Å². The van der Waals surface area contributed by atoms with Crippen LogP contribution in [-0.2, 0) is 0 Å². The molecule has 0 amide bonds. The van der Waals surface area contributed by atoms with Gasteiger partial charge >= 0.3 is 0 Å². The molecule has 0 aliphatic heterocycles. The highest BCUT2D eigenvalue weighted by Gasteiger charge is 2.28. The van der Waals surface area contributed by atoms with Crippen LogP contribution in [0, 0.1) is 0 Å². The van der Waals surface area contributed by atoms with Crippen LogP contribution in [0.4, 0.5) is 5.82 Å². The number of nitrogens with two attached hydrogens (primary N) is 1. The van der Waals surface area contributed by atoms with Gasteiger partial charge in [0.05, 0.1) is 6.20 Å². The second-order valence-corrected chi connectivity index (χ2v) is 3.81. The zero-order valence-corrected chi connectivity index (χ0v) is 8.18. The van der Waals surface area contributed by atoms with Crippen LogP contribution in [-0.4, -0.2) is 9.97 Å². The molecule has 0 aromatic carbocycles. The maximum absolute atomic E-state index is 5.65. The molecular formula is C11H11N3O. The number of anilines is 1. The quantitative estimate of drug-likeness (QED) is 0.808. The maximum atomic E-state index is 5.65. The first-order chi connectivity index (χ1) is 7.33. The fourth-order valence-electron chi connectivity index (χ4n) is 1.54. The van der Waals surface area contributed by atoms with Gasteiger partial charge < -0.3 is 10.2 Å². The number of oxazole rings is 1. The molecule has 4 nitrogen and oxygen atoms in total. The van der Waals surface area contributed by atoms with Crippen LogP contribution in [0.1, 0.15) is 24.7 Å². The molecule has 2 aromatic rings. The highest BCUT2D eigenvalue weighted by molar-refractivity contribution is 5.59. The van der Waals surface area contributed by atoms with E-state index in [1.165, 1.54) is 12.8 Å². The number of hydrogen-bond acceptors (Lipinski definition) is 4. The van der Waals surface area contributed by atoms with Crippen molar-refractivity contribution in [2.24, 2.45) is 0 Å². The summed E-state index contributed by atoms with van der Waals surface area (Å²) in [6.07, 6.45) is 5.81. The second kappa shape index (κ2) is 3.08. The van der Waals surface area contributed by atoms with Crippen LogP contribution < -0.4 is 5.73 Å². The summed E-state index contributed by atoms with van der Waals surface area (Å²) in [7, 11) is 0. The lowest BCUT2D eigenvalue weighted by atomic mass is 10.2. The molecule has 3 rings (SSSR count). The monoisotopic (exact) mass is 201 g/mol. The van der Waals surface area contributed by atoms with E-state index >= 15 is 0 Å². The predicted octanol–water partition coefficient (Wildman–Crippen LogP) is 2.20. The van der Waals surface area contributed by atoms with E-state index in [-0.39, 0.29) is 0 Å². The summed E-state index contributed by atoms with van der Waals surface area (Å²) in [5.41, 5.74) is 6.53. The highest BCUT2D eigenvalue weighted by Crippen LogP contribution is 2.40. The van der Waals surface area contributed by atoms with Gasteiger partial charge in [0.2, 0.25) is 0 Å². The number of hydrogen-bond donors (Lipinski definition) is 1. The molecule has 1 aliphatic carbocycles. The Morgan fingerprint density at radius 1 is 1.33 bits per heavy atom. The van der Waals surface area contributed by atoms with Gasteiger partial charge in [-0.05, 0) is 25.0 Å². The Hall–Kier alpha value is -1.84. The van der Waals surface area contributed by atoms with Crippen LogP contribution in [0.5, 0.6) is 0 Å². The van der Waals surface area contributed by atoms with E-state index in [4.69, 9.17) is 10.2 Å². The summed E-state index contributed by atoms with van der Waals surface area (Å²) in [6, 6.07) is 3.66. The van der Waals surface area contributed by atoms with Gasteiger partial charge in [-0.2, -0.15) is 0 Å². The van der Waals surface area contributed by atoms with E-state index in [0.717, 1.165) is 17.2 Å². The van der Waals surface area contributed by atoms with Gasteiger partial charge in [0, 0.05) is 17.7 Å². The van der Waals surface area contributed by atoms with Gasteiger partial charge in [0.15, 0.2) is 11.7 Å². The fraction of sp³-hybridized carbons (Fsp3) is 0.273. The van der Waals surface area contributed by atoms with E-state index in [1.54, 1.807) is 18.5 Å². The Balaban J connectivity index is 1.97. The van der Waals surface area contributed by atoms with Gasteiger partial charge in [0.1, 0.15) is 5.82 Å². The van der Waals surface area contributed by atoms with E-state index in [2.05, 4.69) is 9.97 Å². The summed E-state index contributed by atoms with van der Waals surface area (Å²) in [4.78, 5) is 8.19. The number of rotatable bonds is 2. The number of pyridine rings is 1. The molecular weight excluding hydrogens is 190 g/mol. The van der Waals surface area contributed by atoms with Crippen molar-refractivity contribution >= 4 is 5.82 Å². The summed E-state index contributed by atoms with van der Waals surface area (Å²) < 4.78 is 5.65. The van der Waals surface area contributed by atoms with E-state index in [1.807, 2.05) is 6.07 Å². The molecule has 0 unspecified atom stereocenters. The van der Waals surface area contributed by atoms with Crippen LogP contribution in [0.15, 0.2) is 28.9 Å². The van der Waals surface area contributed by atoms with Gasteiger partial charge in [-0.3, -0.25) is 0 Å². The molecule has 4 heteroatoms. The average molecular weight is 201 g/mol. The standard InChI is InChI=1S/C11H11N3O/c12-10-5-8(3-4-13-10)9-6-14-11(15-9)7-1-2-7/h3-7H,1-2H2,(H2,12,13). The fourth-order valence-corrected chi connectivity index (χ4v) is 1.54. The minimum Gasteiger partial charge on any atom is -0.440 e. The van der Waals surface area contributed by atoms with Gasteiger partial charge in [-0.15, -0.1) is 0 Å². The Bertz CT molecular complexity index is 488. The van der Waals surface area contributed by atoms with Gasteiger partial charge in [0.25, 0.3) is 0 Å². The van der Waals surface area contributed by atoms with Crippen molar-refractivity contribution in [3.05, 3.63) is 30.4 Å². The Labute approximate surface area is 87.2 Å². The van der Waals surface area contributed by atoms with E-state index in [0.29, 0.717) is 11.7 Å². The lowest BCUT2D eigenvalue weighted by Gasteiger charge is -1.96. The largest absolute Gasteiger partial charge is 0.440 e. The van der Waals surface area contributed by atoms with Crippen molar-refractivity contribution in [2.45, 2.75) is 18.8 Å². The molecule has 0 bridgehead atoms. The molecule has 2 aromatic heterocycles. The smallest absolute Gasteiger partial charge is 0.198 e. The SMILES string of the molecule is Nc1cc(-c2cnc(C3CC3)o2)ccn1. The van der Waals surface area contributed by atoms with E-state index in [9.17, 15) is 0 Å². The topological polar surface area (TPSA) is 64.9 Å². The first-order valence-electron chi connectivity index (χ1n) is 5.00. The molecule has 2 heterocycles. The van der Waals surface area contributed by atoms with Crippen molar-refractivity contribution in [2.75, 3.05) is 5.73 Å². The molecule has 0 spiro atoms. The lowest BCUT2D eigenvalue weighted by Crippen LogP contribution is -1.88. The first kappa shape index (κ1) is 8.47. The van der Waals surface area contributed by atoms with Crippen molar-refractivity contribution in [1.29, 1.82) is 0 Å². The zero-order valence-electron chi connectivity index (χ0n) is 8.18. The first-order valence-corrected chi connectivity index (χ1v) is 5.00. The molecule has 76 valence electrons. The average Bonchev–Trinajstić information content (AvgIpc) is 2.97. The molecule has 1 saturated carbocycles. The Morgan fingerprint density at radius 3 is 2.93 bits per heavy atom. The number of nitrogens with zero attached hydrogens (tertiary/aromatic N) is 2. The van der Waals surface area contributed by atoms with Gasteiger partial charge in [-0.1, -0.05) is 0 Å². The minimum absolute atomic E-state index is 0.497. The third-order valence-electron chi connectivity index (χ3n) is 2.52. The number of nitrogen functional groups attached to an aromatic ring is 1. The summed E-state index contributed by atoms with van der Waals surface area (Å²) in [6.45, 7) is 0. The predicted molar refractivity (Wildman–Crippen MR) is 56.1 cm³/mol. The van der Waals surface area contributed by atoms with Crippen LogP contribution in [0.3, 0.4) is 0 Å². The van der Waals surface area contributed by atoms with Crippen LogP contribution in [0.2, 0.25) is 0 Å². The normalized spacial score (nSPS) is 15.5. The summed E-state index contributed by atoms with van der Waals surface area (Å²) in [5.74, 6) is 2.65. The molecule has 0 saturated heterocycles. The maximum Gasteiger partial charge on any atom is 0.198 e. The third kappa shape index (κ3) is 1.58. The van der Waals surface area contributed by atoms with Crippen molar-refractivity contribution < 1.29 is 4.42 Å². The second-order valence-electron chi connectivity index (χ2n) is 3.81. The van der Waals surface area contributed by atoms with Gasteiger partial charge in [-0.25, -0.2) is 9.97 Å². The number of aromatic nitrogens is 2. The molecule has 0 atom stereocenters. The zero-order chi connectivity index (χ0) is 10.3. The molecule has 1 fully saturated rings. The summed E-state index contributed by atoms with van der Waals surface area (Å²) >= 11 is 0. The molecule has 1 aliphatic rings. The molecule has 15 heavy (non-hydrogen) atoms. The van der Waals surface area contributed by atoms with Crippen LogP contribution in [0.25, 0.3) is 11.3 Å². The molecule has 0 radical (unpaired) electrons. The molecule has 2 N–H and O–H groups in total. The highest BCUT2D eigenvalue weighted by atomic mass is 16.4. The third-order valence-corrected chi connectivity index (χ3v) is 2.52.